The number of benzene rings is 2. The molecule has 3 aromatic rings. The molecule has 18 heavy (non-hydrogen) atoms. The largest absolute Gasteiger partial charge is 0.540 e. The predicted octanol–water partition coefficient (Wildman–Crippen LogP) is 1.49. The van der Waals surface area contributed by atoms with Crippen molar-refractivity contribution in [2.45, 2.75) is 0 Å². The van der Waals surface area contributed by atoms with E-state index in [2.05, 4.69) is 9.97 Å². The quantitative estimate of drug-likeness (QED) is 0.474. The minimum absolute atomic E-state index is 0.398. The lowest BCUT2D eigenvalue weighted by Gasteiger charge is -2.05. The number of para-hydroxylation sites is 3. The van der Waals surface area contributed by atoms with E-state index in [4.69, 9.17) is 4.65 Å². The summed E-state index contributed by atoms with van der Waals surface area (Å²) in [5.74, 6) is -0.398. The van der Waals surface area contributed by atoms with Crippen molar-refractivity contribution >= 4 is 36.1 Å². The number of carbonyl (C=O) groups excluding carboxylic acids is 1. The van der Waals surface area contributed by atoms with Gasteiger partial charge in [0.1, 0.15) is 5.52 Å². The highest BCUT2D eigenvalue weighted by Crippen LogP contribution is 2.19. The number of aromatic nitrogens is 2. The lowest BCUT2D eigenvalue weighted by atomic mass is 10.1. The van der Waals surface area contributed by atoms with E-state index in [9.17, 15) is 4.79 Å². The van der Waals surface area contributed by atoms with Crippen LogP contribution in [0, 0.1) is 0 Å². The van der Waals surface area contributed by atoms with Crippen LogP contribution in [0.2, 0.25) is 0 Å². The zero-order valence-electron chi connectivity index (χ0n) is 9.75. The minimum atomic E-state index is -0.398. The van der Waals surface area contributed by atoms with Crippen LogP contribution in [0.1, 0.15) is 10.4 Å². The fraction of sp³-hybridized carbons (Fsp3) is 0. The minimum Gasteiger partial charge on any atom is -0.540 e. The van der Waals surface area contributed by atoms with E-state index >= 15 is 0 Å². The van der Waals surface area contributed by atoms with Gasteiger partial charge in [-0.05, 0) is 24.3 Å². The van der Waals surface area contributed by atoms with E-state index in [1.807, 2.05) is 30.3 Å². The molecule has 0 fully saturated rings. The molecule has 3 rings (SSSR count). The van der Waals surface area contributed by atoms with Gasteiger partial charge in [-0.3, -0.25) is 0 Å². The Morgan fingerprint density at radius 1 is 0.944 bits per heavy atom. The summed E-state index contributed by atoms with van der Waals surface area (Å²) in [6.45, 7) is 0. The molecule has 0 atom stereocenters. The van der Waals surface area contributed by atoms with Crippen LogP contribution in [-0.4, -0.2) is 24.0 Å². The SMILES string of the molecule is BOC(=O)c1cccc2nc3ccccc3nc12. The summed E-state index contributed by atoms with van der Waals surface area (Å²) < 4.78 is 4.75. The first-order valence-corrected chi connectivity index (χ1v) is 5.53. The third kappa shape index (κ3) is 1.60. The third-order valence-corrected chi connectivity index (χ3v) is 2.77. The Hall–Kier alpha value is -2.43. The van der Waals surface area contributed by atoms with Crippen LogP contribution in [0.4, 0.5) is 0 Å². The van der Waals surface area contributed by atoms with E-state index < -0.39 is 5.97 Å². The summed E-state index contributed by atoms with van der Waals surface area (Å²) in [5, 5.41) is 0. The van der Waals surface area contributed by atoms with Gasteiger partial charge in [0.05, 0.1) is 22.1 Å². The molecule has 1 heterocycles. The molecule has 4 nitrogen and oxygen atoms in total. The summed E-state index contributed by atoms with van der Waals surface area (Å²) in [6.07, 6.45) is 0. The third-order valence-electron chi connectivity index (χ3n) is 2.77. The first-order valence-electron chi connectivity index (χ1n) is 5.53. The number of rotatable bonds is 1. The van der Waals surface area contributed by atoms with E-state index in [-0.39, 0.29) is 0 Å². The van der Waals surface area contributed by atoms with Gasteiger partial charge < -0.3 is 4.65 Å². The van der Waals surface area contributed by atoms with E-state index in [0.29, 0.717) is 16.6 Å². The molecule has 0 aliphatic carbocycles. The number of carbonyl (C=O) groups is 1. The van der Waals surface area contributed by atoms with Crippen LogP contribution in [0.25, 0.3) is 22.1 Å². The Balaban J connectivity index is 2.39. The van der Waals surface area contributed by atoms with Crippen molar-refractivity contribution < 1.29 is 9.45 Å². The lowest BCUT2D eigenvalue weighted by Crippen LogP contribution is -2.04. The van der Waals surface area contributed by atoms with Gasteiger partial charge in [-0.15, -0.1) is 0 Å². The second kappa shape index (κ2) is 4.11. The number of nitrogens with zero attached hydrogens (tertiary/aromatic N) is 2. The van der Waals surface area contributed by atoms with Gasteiger partial charge in [-0.1, -0.05) is 18.2 Å². The molecule has 0 unspecified atom stereocenters. The Bertz CT molecular complexity index is 758. The standard InChI is InChI=1S/C13H9BN2O2/c14-18-13(17)8-4-3-7-11-12(8)16-10-6-2-1-5-9(10)15-11/h1-7H,14H2. The highest BCUT2D eigenvalue weighted by atomic mass is 16.5. The fourth-order valence-corrected chi connectivity index (χ4v) is 1.92. The maximum atomic E-state index is 11.7. The highest BCUT2D eigenvalue weighted by Gasteiger charge is 2.12. The molecule has 0 bridgehead atoms. The summed E-state index contributed by atoms with van der Waals surface area (Å²) in [4.78, 5) is 20.6. The normalized spacial score (nSPS) is 10.7. The van der Waals surface area contributed by atoms with Crippen LogP contribution in [-0.2, 0) is 4.65 Å². The second-order valence-electron chi connectivity index (χ2n) is 3.88. The van der Waals surface area contributed by atoms with Gasteiger partial charge in [0.2, 0.25) is 0 Å². The average Bonchev–Trinajstić information content (AvgIpc) is 2.43. The van der Waals surface area contributed by atoms with Crippen molar-refractivity contribution in [3.63, 3.8) is 0 Å². The molecule has 86 valence electrons. The van der Waals surface area contributed by atoms with Crippen molar-refractivity contribution in [3.8, 4) is 0 Å². The zero-order valence-corrected chi connectivity index (χ0v) is 9.75. The summed E-state index contributed by atoms with van der Waals surface area (Å²) >= 11 is 0. The van der Waals surface area contributed by atoms with Crippen LogP contribution >= 0.6 is 0 Å². The van der Waals surface area contributed by atoms with Crippen molar-refractivity contribution in [3.05, 3.63) is 48.0 Å². The van der Waals surface area contributed by atoms with Crippen molar-refractivity contribution in [1.82, 2.24) is 9.97 Å². The molecule has 0 saturated heterocycles. The Labute approximate surface area is 104 Å². The van der Waals surface area contributed by atoms with Gasteiger partial charge in [-0.25, -0.2) is 14.8 Å². The summed E-state index contributed by atoms with van der Waals surface area (Å²) in [5.41, 5.74) is 3.28. The van der Waals surface area contributed by atoms with Gasteiger partial charge >= 0.3 is 14.0 Å². The van der Waals surface area contributed by atoms with E-state index in [0.717, 1.165) is 11.0 Å². The van der Waals surface area contributed by atoms with Crippen LogP contribution in [0.15, 0.2) is 42.5 Å². The average molecular weight is 236 g/mol. The molecule has 0 saturated carbocycles. The van der Waals surface area contributed by atoms with Gasteiger partial charge in [0.25, 0.3) is 0 Å². The molecule has 0 N–H and O–H groups in total. The highest BCUT2D eigenvalue weighted by molar-refractivity contribution is 6.13. The van der Waals surface area contributed by atoms with Gasteiger partial charge in [0.15, 0.2) is 0 Å². The first-order chi connectivity index (χ1) is 8.79. The molecule has 0 aliphatic heterocycles. The Kier molecular flexibility index (Phi) is 2.44. The van der Waals surface area contributed by atoms with Crippen molar-refractivity contribution in [1.29, 1.82) is 0 Å². The number of hydrogen-bond donors (Lipinski definition) is 0. The lowest BCUT2D eigenvalue weighted by molar-refractivity contribution is 0.0751. The Morgan fingerprint density at radius 3 is 2.33 bits per heavy atom. The molecule has 0 amide bonds. The molecule has 5 heteroatoms. The fourth-order valence-electron chi connectivity index (χ4n) is 1.92. The van der Waals surface area contributed by atoms with E-state index in [1.165, 1.54) is 8.05 Å². The molecular formula is C13H9BN2O2. The zero-order chi connectivity index (χ0) is 12.5. The van der Waals surface area contributed by atoms with Gasteiger partial charge in [0, 0.05) is 0 Å². The smallest absolute Gasteiger partial charge is 0.326 e. The van der Waals surface area contributed by atoms with Crippen LogP contribution < -0.4 is 0 Å². The predicted molar refractivity (Wildman–Crippen MR) is 71.0 cm³/mol. The van der Waals surface area contributed by atoms with Gasteiger partial charge in [-0.2, -0.15) is 0 Å². The number of hydrogen-bond acceptors (Lipinski definition) is 4. The van der Waals surface area contributed by atoms with Crippen LogP contribution in [0.3, 0.4) is 0 Å². The van der Waals surface area contributed by atoms with Crippen molar-refractivity contribution in [2.75, 3.05) is 0 Å². The summed E-state index contributed by atoms with van der Waals surface area (Å²) in [6, 6.07) is 12.9. The number of fused-ring (bicyclic) bond motifs is 2. The molecule has 0 spiro atoms. The second-order valence-corrected chi connectivity index (χ2v) is 3.88. The monoisotopic (exact) mass is 236 g/mol. The molecule has 0 aliphatic rings. The molecular weight excluding hydrogens is 227 g/mol. The maximum absolute atomic E-state index is 11.7. The van der Waals surface area contributed by atoms with Crippen molar-refractivity contribution in [2.24, 2.45) is 0 Å². The first kappa shape index (κ1) is 10.7. The Morgan fingerprint density at radius 2 is 1.61 bits per heavy atom. The molecule has 0 radical (unpaired) electrons. The van der Waals surface area contributed by atoms with Crippen LogP contribution in [0.5, 0.6) is 0 Å². The molecule has 2 aromatic carbocycles. The van der Waals surface area contributed by atoms with E-state index in [1.54, 1.807) is 12.1 Å². The molecule has 1 aromatic heterocycles. The maximum Gasteiger partial charge on any atom is 0.326 e. The topological polar surface area (TPSA) is 52.1 Å². The summed E-state index contributed by atoms with van der Waals surface area (Å²) in [7, 11) is 1.36.